The number of ether oxygens (including phenoxy) is 2. The first-order chi connectivity index (χ1) is 12.3. The van der Waals surface area contributed by atoms with Crippen LogP contribution < -0.4 is 14.8 Å². The summed E-state index contributed by atoms with van der Waals surface area (Å²) in [7, 11) is 0. The van der Waals surface area contributed by atoms with Gasteiger partial charge < -0.3 is 19.7 Å². The van der Waals surface area contributed by atoms with Gasteiger partial charge in [-0.2, -0.15) is 0 Å². The summed E-state index contributed by atoms with van der Waals surface area (Å²) in [6, 6.07) is 13.3. The maximum Gasteiger partial charge on any atom is 0.317 e. The second-order valence-corrected chi connectivity index (χ2v) is 5.84. The van der Waals surface area contributed by atoms with E-state index in [9.17, 15) is 4.79 Å². The van der Waals surface area contributed by atoms with Crippen LogP contribution in [0, 0.1) is 0 Å². The van der Waals surface area contributed by atoms with Gasteiger partial charge in [0, 0.05) is 31.4 Å². The minimum absolute atomic E-state index is 0.0964. The minimum atomic E-state index is -0.170. The van der Waals surface area contributed by atoms with E-state index in [-0.39, 0.29) is 12.1 Å². The highest BCUT2D eigenvalue weighted by molar-refractivity contribution is 5.74. The molecule has 1 unspecified atom stereocenters. The Labute approximate surface area is 147 Å². The Morgan fingerprint density at radius 3 is 2.80 bits per heavy atom. The fraction of sp³-hybridized carbons (Fsp3) is 0.368. The smallest absolute Gasteiger partial charge is 0.317 e. The van der Waals surface area contributed by atoms with Crippen LogP contribution in [0.3, 0.4) is 0 Å². The number of hydrogen-bond acceptors (Lipinski definition) is 4. The lowest BCUT2D eigenvalue weighted by molar-refractivity contribution is 0.0676. The van der Waals surface area contributed by atoms with E-state index in [0.29, 0.717) is 32.7 Å². The molecule has 25 heavy (non-hydrogen) atoms. The molecule has 1 N–H and O–H groups in total. The second kappa shape index (κ2) is 8.37. The molecule has 0 aliphatic carbocycles. The molecule has 1 aliphatic rings. The quantitative estimate of drug-likeness (QED) is 0.877. The molecule has 0 spiro atoms. The number of rotatable bonds is 6. The molecule has 6 heteroatoms. The first-order valence-corrected chi connectivity index (χ1v) is 8.57. The fourth-order valence-electron chi connectivity index (χ4n) is 2.71. The van der Waals surface area contributed by atoms with Crippen LogP contribution in [-0.2, 0) is 6.42 Å². The number of likely N-dealkylation sites (N-methyl/N-ethyl adjacent to an activating group) is 1. The van der Waals surface area contributed by atoms with Gasteiger partial charge in [0.15, 0.2) is 17.6 Å². The lowest BCUT2D eigenvalue weighted by Gasteiger charge is -2.30. The summed E-state index contributed by atoms with van der Waals surface area (Å²) in [5.41, 5.74) is 0.964. The third-order valence-electron chi connectivity index (χ3n) is 4.04. The van der Waals surface area contributed by atoms with Crippen molar-refractivity contribution < 1.29 is 14.3 Å². The van der Waals surface area contributed by atoms with E-state index in [1.807, 2.05) is 49.4 Å². The molecule has 1 aromatic carbocycles. The monoisotopic (exact) mass is 341 g/mol. The highest BCUT2D eigenvalue weighted by atomic mass is 16.6. The van der Waals surface area contributed by atoms with Crippen molar-refractivity contribution in [1.82, 2.24) is 15.2 Å². The first-order valence-electron chi connectivity index (χ1n) is 8.57. The van der Waals surface area contributed by atoms with Gasteiger partial charge in [0.25, 0.3) is 0 Å². The summed E-state index contributed by atoms with van der Waals surface area (Å²) in [4.78, 5) is 18.4. The van der Waals surface area contributed by atoms with Gasteiger partial charge in [0.1, 0.15) is 6.61 Å². The number of aromatic nitrogens is 1. The summed E-state index contributed by atoms with van der Waals surface area (Å²) >= 11 is 0. The van der Waals surface area contributed by atoms with Crippen molar-refractivity contribution in [3.8, 4) is 11.5 Å². The maximum absolute atomic E-state index is 12.4. The van der Waals surface area contributed by atoms with E-state index in [0.717, 1.165) is 17.2 Å². The van der Waals surface area contributed by atoms with Crippen LogP contribution in [0.4, 0.5) is 4.79 Å². The van der Waals surface area contributed by atoms with Crippen LogP contribution in [0.25, 0.3) is 0 Å². The number of carbonyl (C=O) groups excluding carboxylic acids is 1. The molecule has 3 rings (SSSR count). The van der Waals surface area contributed by atoms with E-state index >= 15 is 0 Å². The van der Waals surface area contributed by atoms with Crippen molar-refractivity contribution in [3.63, 3.8) is 0 Å². The highest BCUT2D eigenvalue weighted by Crippen LogP contribution is 2.30. The predicted molar refractivity (Wildman–Crippen MR) is 94.9 cm³/mol. The van der Waals surface area contributed by atoms with Crippen LogP contribution in [0.1, 0.15) is 12.6 Å². The Bertz CT molecular complexity index is 693. The SMILES string of the molecule is CCN(CC1COc2ccccc2O1)C(=O)NCCc1ccccn1. The number of amides is 2. The van der Waals surface area contributed by atoms with Gasteiger partial charge in [0.2, 0.25) is 0 Å². The van der Waals surface area contributed by atoms with Crippen molar-refractivity contribution in [2.75, 3.05) is 26.2 Å². The van der Waals surface area contributed by atoms with E-state index in [4.69, 9.17) is 9.47 Å². The van der Waals surface area contributed by atoms with Crippen molar-refractivity contribution in [1.29, 1.82) is 0 Å². The standard InChI is InChI=1S/C19H23N3O3/c1-2-22(19(23)21-12-10-15-7-5-6-11-20-15)13-16-14-24-17-8-3-4-9-18(17)25-16/h3-9,11,16H,2,10,12-14H2,1H3,(H,21,23). The Balaban J connectivity index is 1.48. The zero-order chi connectivity index (χ0) is 17.5. The van der Waals surface area contributed by atoms with E-state index < -0.39 is 0 Å². The molecule has 6 nitrogen and oxygen atoms in total. The lowest BCUT2D eigenvalue weighted by atomic mass is 10.2. The van der Waals surface area contributed by atoms with Crippen molar-refractivity contribution in [2.24, 2.45) is 0 Å². The fourth-order valence-corrected chi connectivity index (χ4v) is 2.71. The molecule has 0 saturated carbocycles. The molecule has 0 fully saturated rings. The number of carbonyl (C=O) groups is 1. The van der Waals surface area contributed by atoms with Crippen molar-refractivity contribution in [2.45, 2.75) is 19.4 Å². The summed E-state index contributed by atoms with van der Waals surface area (Å²) in [6.07, 6.45) is 2.30. The van der Waals surface area contributed by atoms with E-state index in [1.165, 1.54) is 0 Å². The Kier molecular flexibility index (Phi) is 5.72. The molecule has 2 amide bonds. The zero-order valence-electron chi connectivity index (χ0n) is 14.4. The van der Waals surface area contributed by atoms with E-state index in [2.05, 4.69) is 10.3 Å². The molecule has 0 radical (unpaired) electrons. The summed E-state index contributed by atoms with van der Waals surface area (Å²) in [5, 5.41) is 2.94. The van der Waals surface area contributed by atoms with Crippen LogP contribution in [0.2, 0.25) is 0 Å². The van der Waals surface area contributed by atoms with Crippen LogP contribution >= 0.6 is 0 Å². The Hall–Kier alpha value is -2.76. The van der Waals surface area contributed by atoms with Crippen LogP contribution in [-0.4, -0.2) is 48.3 Å². The second-order valence-electron chi connectivity index (χ2n) is 5.84. The van der Waals surface area contributed by atoms with Gasteiger partial charge in [-0.15, -0.1) is 0 Å². The summed E-state index contributed by atoms with van der Waals surface area (Å²) in [5.74, 6) is 1.48. The summed E-state index contributed by atoms with van der Waals surface area (Å²) in [6.45, 7) is 4.04. The molecule has 132 valence electrons. The number of urea groups is 1. The maximum atomic E-state index is 12.4. The minimum Gasteiger partial charge on any atom is -0.486 e. The molecule has 1 aliphatic heterocycles. The summed E-state index contributed by atoms with van der Waals surface area (Å²) < 4.78 is 11.6. The number of nitrogens with one attached hydrogen (secondary N) is 1. The van der Waals surface area contributed by atoms with Gasteiger partial charge >= 0.3 is 6.03 Å². The first kappa shape index (κ1) is 17.1. The molecule has 0 bridgehead atoms. The molecule has 0 saturated heterocycles. The predicted octanol–water partition coefficient (Wildman–Crippen LogP) is 2.50. The number of fused-ring (bicyclic) bond motifs is 1. The van der Waals surface area contributed by atoms with Crippen LogP contribution in [0.5, 0.6) is 11.5 Å². The largest absolute Gasteiger partial charge is 0.486 e. The Morgan fingerprint density at radius 2 is 2.04 bits per heavy atom. The van der Waals surface area contributed by atoms with Crippen molar-refractivity contribution in [3.05, 3.63) is 54.4 Å². The number of pyridine rings is 1. The van der Waals surface area contributed by atoms with Gasteiger partial charge in [0.05, 0.1) is 6.54 Å². The number of nitrogens with zero attached hydrogens (tertiary/aromatic N) is 2. The lowest BCUT2D eigenvalue weighted by Crippen LogP contribution is -2.47. The van der Waals surface area contributed by atoms with Gasteiger partial charge in [-0.25, -0.2) is 4.79 Å². The molecular weight excluding hydrogens is 318 g/mol. The topological polar surface area (TPSA) is 63.7 Å². The molecule has 1 atom stereocenters. The van der Waals surface area contributed by atoms with Crippen LogP contribution in [0.15, 0.2) is 48.7 Å². The zero-order valence-corrected chi connectivity index (χ0v) is 14.4. The van der Waals surface area contributed by atoms with Gasteiger partial charge in [-0.3, -0.25) is 4.98 Å². The average molecular weight is 341 g/mol. The normalized spacial score (nSPS) is 15.5. The van der Waals surface area contributed by atoms with Gasteiger partial charge in [-0.1, -0.05) is 18.2 Å². The third-order valence-corrected chi connectivity index (χ3v) is 4.04. The average Bonchev–Trinajstić information content (AvgIpc) is 2.66. The number of benzene rings is 1. The molecule has 1 aromatic heterocycles. The van der Waals surface area contributed by atoms with Gasteiger partial charge in [-0.05, 0) is 31.2 Å². The molecule has 2 heterocycles. The number of para-hydroxylation sites is 2. The molecule has 2 aromatic rings. The Morgan fingerprint density at radius 1 is 1.24 bits per heavy atom. The highest BCUT2D eigenvalue weighted by Gasteiger charge is 2.24. The number of hydrogen-bond donors (Lipinski definition) is 1. The van der Waals surface area contributed by atoms with Crippen molar-refractivity contribution >= 4 is 6.03 Å². The third kappa shape index (κ3) is 4.62. The molecular formula is C19H23N3O3. The van der Waals surface area contributed by atoms with E-state index in [1.54, 1.807) is 11.1 Å².